The fourth-order valence-corrected chi connectivity index (χ4v) is 4.58. The van der Waals surface area contributed by atoms with Crippen LogP contribution in [-0.2, 0) is 16.0 Å². The second-order valence-corrected chi connectivity index (χ2v) is 9.22. The zero-order chi connectivity index (χ0) is 20.8. The van der Waals surface area contributed by atoms with E-state index >= 15 is 0 Å². The van der Waals surface area contributed by atoms with Crippen molar-refractivity contribution in [3.63, 3.8) is 0 Å². The number of carbonyl (C=O) groups excluding carboxylic acids is 2. The Kier molecular flexibility index (Phi) is 8.21. The molecule has 0 saturated carbocycles. The lowest BCUT2D eigenvalue weighted by Gasteiger charge is -2.30. The smallest absolute Gasteiger partial charge is 0.238 e. The lowest BCUT2D eigenvalue weighted by atomic mass is 9.96. The van der Waals surface area contributed by atoms with Gasteiger partial charge in [0.05, 0.1) is 27.3 Å². The van der Waals surface area contributed by atoms with Gasteiger partial charge in [-0.25, -0.2) is 0 Å². The van der Waals surface area contributed by atoms with E-state index in [-0.39, 0.29) is 24.3 Å². The number of carbonyl (C=O) groups is 2. The van der Waals surface area contributed by atoms with Gasteiger partial charge in [-0.2, -0.15) is 0 Å². The number of nitrogens with one attached hydrogen (secondary N) is 2. The van der Waals surface area contributed by atoms with Crippen LogP contribution < -0.4 is 10.6 Å². The molecule has 2 aromatic rings. The summed E-state index contributed by atoms with van der Waals surface area (Å²) in [7, 11) is 0. The van der Waals surface area contributed by atoms with Gasteiger partial charge in [0.2, 0.25) is 11.8 Å². The Morgan fingerprint density at radius 3 is 2.52 bits per heavy atom. The summed E-state index contributed by atoms with van der Waals surface area (Å²) in [5, 5.41) is 8.84. The number of amides is 2. The van der Waals surface area contributed by atoms with Crippen LogP contribution in [0.4, 0.5) is 5.69 Å². The number of likely N-dealkylation sites (tertiary alicyclic amines) is 1. The highest BCUT2D eigenvalue weighted by molar-refractivity contribution is 7.09. The van der Waals surface area contributed by atoms with Crippen molar-refractivity contribution in [3.05, 3.63) is 49.6 Å². The van der Waals surface area contributed by atoms with Gasteiger partial charge >= 0.3 is 0 Å². The minimum Gasteiger partial charge on any atom is -0.355 e. The summed E-state index contributed by atoms with van der Waals surface area (Å²) in [4.78, 5) is 28.0. The Labute approximate surface area is 189 Å². The molecule has 5 nitrogen and oxygen atoms in total. The maximum absolute atomic E-state index is 12.4. The van der Waals surface area contributed by atoms with Gasteiger partial charge in [-0.3, -0.25) is 14.5 Å². The van der Waals surface area contributed by atoms with Gasteiger partial charge in [0.1, 0.15) is 0 Å². The fourth-order valence-electron chi connectivity index (χ4n) is 3.27. The molecule has 1 aromatic carbocycles. The van der Waals surface area contributed by atoms with Crippen LogP contribution in [0.15, 0.2) is 29.6 Å². The predicted octanol–water partition coefficient (Wildman–Crippen LogP) is 4.72. The number of hydrogen-bond acceptors (Lipinski definition) is 4. The number of anilines is 1. The molecule has 1 saturated heterocycles. The molecule has 3 rings (SSSR count). The number of thiophene rings is 1. The van der Waals surface area contributed by atoms with Crippen LogP contribution in [0.1, 0.15) is 17.7 Å². The molecule has 0 aliphatic carbocycles. The van der Waals surface area contributed by atoms with E-state index in [0.717, 1.165) is 19.3 Å². The Bertz CT molecular complexity index is 853. The standard InChI is InChI=1S/C20H22Cl3N3O2S/c21-15-10-17(23)18(11-16(15)22)25-19(27)12-26-7-4-13(5-8-26)20(28)24-6-3-14-2-1-9-29-14/h1-2,9-11,13H,3-8,12H2,(H,24,28)(H,25,27). The number of rotatable bonds is 7. The van der Waals surface area contributed by atoms with Crippen LogP contribution in [0.25, 0.3) is 0 Å². The van der Waals surface area contributed by atoms with Gasteiger partial charge < -0.3 is 10.6 Å². The van der Waals surface area contributed by atoms with Gasteiger partial charge in [0.25, 0.3) is 0 Å². The number of hydrogen-bond donors (Lipinski definition) is 2. The number of nitrogens with zero attached hydrogens (tertiary/aromatic N) is 1. The Morgan fingerprint density at radius 1 is 1.10 bits per heavy atom. The van der Waals surface area contributed by atoms with E-state index in [2.05, 4.69) is 16.7 Å². The van der Waals surface area contributed by atoms with E-state index in [1.165, 1.54) is 17.0 Å². The van der Waals surface area contributed by atoms with Crippen LogP contribution in [0.3, 0.4) is 0 Å². The molecule has 156 valence electrons. The van der Waals surface area contributed by atoms with Crippen molar-refractivity contribution in [1.29, 1.82) is 0 Å². The molecule has 1 aromatic heterocycles. The van der Waals surface area contributed by atoms with Crippen LogP contribution in [0.5, 0.6) is 0 Å². The predicted molar refractivity (Wildman–Crippen MR) is 120 cm³/mol. The van der Waals surface area contributed by atoms with Gasteiger partial charge in [-0.05, 0) is 55.9 Å². The molecular weight excluding hydrogens is 453 g/mol. The second-order valence-electron chi connectivity index (χ2n) is 6.97. The zero-order valence-electron chi connectivity index (χ0n) is 15.7. The molecular formula is C20H22Cl3N3O2S. The minimum absolute atomic E-state index is 0.00200. The molecule has 1 aliphatic heterocycles. The molecule has 9 heteroatoms. The van der Waals surface area contributed by atoms with Crippen molar-refractivity contribution >= 4 is 63.6 Å². The molecule has 2 heterocycles. The monoisotopic (exact) mass is 473 g/mol. The molecule has 0 bridgehead atoms. The van der Waals surface area contributed by atoms with Crippen LogP contribution in [0, 0.1) is 5.92 Å². The van der Waals surface area contributed by atoms with Gasteiger partial charge in [0.15, 0.2) is 0 Å². The highest BCUT2D eigenvalue weighted by atomic mass is 35.5. The lowest BCUT2D eigenvalue weighted by Crippen LogP contribution is -2.43. The quantitative estimate of drug-likeness (QED) is 0.571. The summed E-state index contributed by atoms with van der Waals surface area (Å²) in [6.45, 7) is 2.30. The minimum atomic E-state index is -0.177. The first-order chi connectivity index (χ1) is 13.9. The third kappa shape index (κ3) is 6.59. The van der Waals surface area contributed by atoms with Crippen molar-refractivity contribution in [2.24, 2.45) is 5.92 Å². The van der Waals surface area contributed by atoms with Crippen molar-refractivity contribution < 1.29 is 9.59 Å². The first-order valence-corrected chi connectivity index (χ1v) is 11.4. The summed E-state index contributed by atoms with van der Waals surface area (Å²) in [5.41, 5.74) is 0.436. The van der Waals surface area contributed by atoms with E-state index in [9.17, 15) is 9.59 Å². The van der Waals surface area contributed by atoms with E-state index in [0.29, 0.717) is 40.4 Å². The molecule has 0 unspecified atom stereocenters. The normalized spacial score (nSPS) is 15.3. The summed E-state index contributed by atoms with van der Waals surface area (Å²) < 4.78 is 0. The topological polar surface area (TPSA) is 61.4 Å². The molecule has 2 N–H and O–H groups in total. The van der Waals surface area contributed by atoms with Crippen LogP contribution in [-0.4, -0.2) is 42.9 Å². The maximum Gasteiger partial charge on any atom is 0.238 e. The van der Waals surface area contributed by atoms with Crippen molar-refractivity contribution in [2.45, 2.75) is 19.3 Å². The summed E-state index contributed by atoms with van der Waals surface area (Å²) in [6, 6.07) is 7.13. The van der Waals surface area contributed by atoms with Crippen LogP contribution >= 0.6 is 46.1 Å². The summed E-state index contributed by atoms with van der Waals surface area (Å²) in [6.07, 6.45) is 2.34. The molecule has 29 heavy (non-hydrogen) atoms. The van der Waals surface area contributed by atoms with Gasteiger partial charge in [-0.15, -0.1) is 11.3 Å². The average molecular weight is 475 g/mol. The second kappa shape index (κ2) is 10.6. The Morgan fingerprint density at radius 2 is 1.83 bits per heavy atom. The number of benzene rings is 1. The highest BCUT2D eigenvalue weighted by Crippen LogP contribution is 2.32. The van der Waals surface area contributed by atoms with Gasteiger partial charge in [-0.1, -0.05) is 40.9 Å². The first-order valence-electron chi connectivity index (χ1n) is 9.39. The SMILES string of the molecule is O=C(CN1CCC(C(=O)NCCc2cccs2)CC1)Nc1cc(Cl)c(Cl)cc1Cl. The van der Waals surface area contributed by atoms with Crippen molar-refractivity contribution in [3.8, 4) is 0 Å². The average Bonchev–Trinajstić information content (AvgIpc) is 3.20. The van der Waals surface area contributed by atoms with E-state index in [4.69, 9.17) is 34.8 Å². The Balaban J connectivity index is 1.39. The van der Waals surface area contributed by atoms with Crippen LogP contribution in [0.2, 0.25) is 15.1 Å². The number of halogens is 3. The summed E-state index contributed by atoms with van der Waals surface area (Å²) in [5.74, 6) is -0.0699. The highest BCUT2D eigenvalue weighted by Gasteiger charge is 2.25. The lowest BCUT2D eigenvalue weighted by molar-refractivity contribution is -0.126. The molecule has 0 atom stereocenters. The van der Waals surface area contributed by atoms with Crippen molar-refractivity contribution in [2.75, 3.05) is 31.5 Å². The molecule has 1 fully saturated rings. The largest absolute Gasteiger partial charge is 0.355 e. The van der Waals surface area contributed by atoms with E-state index in [1.54, 1.807) is 11.3 Å². The summed E-state index contributed by atoms with van der Waals surface area (Å²) >= 11 is 19.7. The van der Waals surface area contributed by atoms with Gasteiger partial charge in [0, 0.05) is 17.3 Å². The van der Waals surface area contributed by atoms with E-state index < -0.39 is 0 Å². The third-order valence-electron chi connectivity index (χ3n) is 4.86. The van der Waals surface area contributed by atoms with E-state index in [1.807, 2.05) is 16.3 Å². The Hall–Kier alpha value is -1.31. The van der Waals surface area contributed by atoms with Crippen molar-refractivity contribution in [1.82, 2.24) is 10.2 Å². The third-order valence-corrected chi connectivity index (χ3v) is 6.83. The molecule has 0 spiro atoms. The number of piperidine rings is 1. The fraction of sp³-hybridized carbons (Fsp3) is 0.400. The zero-order valence-corrected chi connectivity index (χ0v) is 18.8. The molecule has 0 radical (unpaired) electrons. The first kappa shape index (κ1) is 22.4. The molecule has 1 aliphatic rings. The maximum atomic E-state index is 12.4. The molecule has 2 amide bonds.